The number of carboxylic acids is 1. The molecule has 3 heterocycles. The van der Waals surface area contributed by atoms with Gasteiger partial charge in [-0.2, -0.15) is 5.10 Å². The van der Waals surface area contributed by atoms with Crippen molar-refractivity contribution in [3.63, 3.8) is 0 Å². The standard InChI is InChI=1S/C26H32ClN5O4/c1-15(13-30-14-18(27)12-28-30)24-29-23-20-9-4-16(2)31(26(35)36-3)21(20)10-11-22(23)32(24)19-7-5-17(6-8-19)25(33)34/h10-12,14-17,19H,4-9,13H2,1-3H3,(H,33,34). The molecule has 1 aromatic carbocycles. The van der Waals surface area contributed by atoms with Gasteiger partial charge >= 0.3 is 12.1 Å². The monoisotopic (exact) mass is 513 g/mol. The van der Waals surface area contributed by atoms with E-state index in [1.807, 2.05) is 17.7 Å². The number of anilines is 1. The molecule has 1 N–H and O–H groups in total. The molecule has 1 amide bonds. The number of carbonyl (C=O) groups excluding carboxylic acids is 1. The van der Waals surface area contributed by atoms with Crippen molar-refractivity contribution in [2.75, 3.05) is 12.0 Å². The van der Waals surface area contributed by atoms with Crippen LogP contribution in [0.4, 0.5) is 10.5 Å². The summed E-state index contributed by atoms with van der Waals surface area (Å²) in [6.07, 6.45) is 7.61. The SMILES string of the molecule is COC(=O)N1c2ccc3c(nc(C(C)Cn4cc(Cl)cn4)n3C3CCC(C(=O)O)CC3)c2CCC1C. The van der Waals surface area contributed by atoms with E-state index in [9.17, 15) is 14.7 Å². The lowest BCUT2D eigenvalue weighted by Gasteiger charge is -2.34. The molecule has 2 unspecified atom stereocenters. The Bertz CT molecular complexity index is 1290. The lowest BCUT2D eigenvalue weighted by atomic mass is 9.85. The first kappa shape index (κ1) is 24.6. The number of carboxylic acid groups (broad SMARTS) is 1. The fourth-order valence-electron chi connectivity index (χ4n) is 5.91. The molecule has 0 saturated heterocycles. The van der Waals surface area contributed by atoms with Crippen LogP contribution in [0.5, 0.6) is 0 Å². The highest BCUT2D eigenvalue weighted by molar-refractivity contribution is 6.30. The van der Waals surface area contributed by atoms with Crippen molar-refractivity contribution >= 4 is 40.4 Å². The predicted molar refractivity (Wildman–Crippen MR) is 137 cm³/mol. The molecule has 36 heavy (non-hydrogen) atoms. The van der Waals surface area contributed by atoms with Crippen molar-refractivity contribution < 1.29 is 19.4 Å². The molecule has 1 aliphatic carbocycles. The Labute approximate surface area is 215 Å². The Kier molecular flexibility index (Phi) is 6.68. The summed E-state index contributed by atoms with van der Waals surface area (Å²) in [5.74, 6) is -0.00218. The highest BCUT2D eigenvalue weighted by Crippen LogP contribution is 2.41. The van der Waals surface area contributed by atoms with E-state index in [1.165, 1.54) is 7.11 Å². The third kappa shape index (κ3) is 4.34. The smallest absolute Gasteiger partial charge is 0.414 e. The summed E-state index contributed by atoms with van der Waals surface area (Å²) in [4.78, 5) is 31.1. The minimum atomic E-state index is -0.709. The van der Waals surface area contributed by atoms with E-state index in [0.29, 0.717) is 24.4 Å². The maximum absolute atomic E-state index is 12.6. The number of nitrogens with zero attached hydrogens (tertiary/aromatic N) is 5. The molecule has 0 bridgehead atoms. The highest BCUT2D eigenvalue weighted by atomic mass is 35.5. The summed E-state index contributed by atoms with van der Waals surface area (Å²) < 4.78 is 9.23. The van der Waals surface area contributed by atoms with Gasteiger partial charge in [-0.3, -0.25) is 14.4 Å². The second-order valence-electron chi connectivity index (χ2n) is 10.1. The molecule has 1 fully saturated rings. The van der Waals surface area contributed by atoms with Gasteiger partial charge in [0.05, 0.1) is 47.5 Å². The van der Waals surface area contributed by atoms with Gasteiger partial charge in [0.1, 0.15) is 5.82 Å². The molecule has 0 radical (unpaired) electrons. The summed E-state index contributed by atoms with van der Waals surface area (Å²) >= 11 is 6.09. The molecule has 9 nitrogen and oxygen atoms in total. The number of fused-ring (bicyclic) bond motifs is 3. The van der Waals surface area contributed by atoms with Gasteiger partial charge in [-0.25, -0.2) is 9.78 Å². The molecule has 192 valence electrons. The van der Waals surface area contributed by atoms with Gasteiger partial charge in [0, 0.05) is 29.8 Å². The zero-order valence-electron chi connectivity index (χ0n) is 20.9. The molecular formula is C26H32ClN5O4. The molecular weight excluding hydrogens is 482 g/mol. The summed E-state index contributed by atoms with van der Waals surface area (Å²) in [6.45, 7) is 4.78. The van der Waals surface area contributed by atoms with Crippen molar-refractivity contribution in [1.82, 2.24) is 19.3 Å². The number of hydrogen-bond donors (Lipinski definition) is 1. The molecule has 2 atom stereocenters. The van der Waals surface area contributed by atoms with E-state index in [2.05, 4.69) is 22.7 Å². The zero-order chi connectivity index (χ0) is 25.6. The van der Waals surface area contributed by atoms with Gasteiger partial charge < -0.3 is 14.4 Å². The van der Waals surface area contributed by atoms with Crippen molar-refractivity contribution in [3.05, 3.63) is 40.9 Å². The second kappa shape index (κ2) is 9.76. The van der Waals surface area contributed by atoms with Crippen LogP contribution in [-0.2, 0) is 22.5 Å². The largest absolute Gasteiger partial charge is 0.481 e. The van der Waals surface area contributed by atoms with Crippen molar-refractivity contribution in [2.24, 2.45) is 5.92 Å². The molecule has 1 saturated carbocycles. The first-order chi connectivity index (χ1) is 17.3. The normalized spacial score (nSPS) is 22.9. The molecule has 10 heteroatoms. The Morgan fingerprint density at radius 1 is 1.22 bits per heavy atom. The van der Waals surface area contributed by atoms with Gasteiger partial charge in [-0.15, -0.1) is 0 Å². The van der Waals surface area contributed by atoms with Crippen LogP contribution in [0.2, 0.25) is 5.02 Å². The number of benzene rings is 1. The van der Waals surface area contributed by atoms with Crippen LogP contribution in [0.3, 0.4) is 0 Å². The van der Waals surface area contributed by atoms with Crippen LogP contribution in [0, 0.1) is 5.92 Å². The maximum Gasteiger partial charge on any atom is 0.414 e. The van der Waals surface area contributed by atoms with Crippen molar-refractivity contribution in [1.29, 1.82) is 0 Å². The van der Waals surface area contributed by atoms with Crippen LogP contribution >= 0.6 is 11.6 Å². The van der Waals surface area contributed by atoms with E-state index >= 15 is 0 Å². The number of imidazole rings is 1. The van der Waals surface area contributed by atoms with Gasteiger partial charge in [-0.05, 0) is 57.6 Å². The highest BCUT2D eigenvalue weighted by Gasteiger charge is 2.34. The molecule has 1 aliphatic heterocycles. The lowest BCUT2D eigenvalue weighted by Crippen LogP contribution is -2.42. The first-order valence-corrected chi connectivity index (χ1v) is 13.0. The number of rotatable bonds is 5. The summed E-state index contributed by atoms with van der Waals surface area (Å²) in [5, 5.41) is 14.4. The number of halogens is 1. The number of carbonyl (C=O) groups is 2. The van der Waals surface area contributed by atoms with Gasteiger partial charge in [0.15, 0.2) is 0 Å². The number of aryl methyl sites for hydroxylation is 1. The number of methoxy groups -OCH3 is 1. The minimum absolute atomic E-state index is 0.0405. The van der Waals surface area contributed by atoms with Gasteiger partial charge in [0.25, 0.3) is 0 Å². The lowest BCUT2D eigenvalue weighted by molar-refractivity contribution is -0.143. The van der Waals surface area contributed by atoms with Crippen LogP contribution in [0.25, 0.3) is 11.0 Å². The Hall–Kier alpha value is -3.07. The van der Waals surface area contributed by atoms with E-state index in [1.54, 1.807) is 17.3 Å². The number of aliphatic carboxylic acids is 1. The maximum atomic E-state index is 12.6. The Morgan fingerprint density at radius 3 is 2.61 bits per heavy atom. The Balaban J connectivity index is 1.60. The molecule has 0 spiro atoms. The Morgan fingerprint density at radius 2 is 1.97 bits per heavy atom. The van der Waals surface area contributed by atoms with Gasteiger partial charge in [-0.1, -0.05) is 18.5 Å². The van der Waals surface area contributed by atoms with Crippen LogP contribution in [0.15, 0.2) is 24.5 Å². The van der Waals surface area contributed by atoms with Gasteiger partial charge in [0.2, 0.25) is 0 Å². The van der Waals surface area contributed by atoms with Crippen molar-refractivity contribution in [3.8, 4) is 0 Å². The molecule has 2 aromatic heterocycles. The van der Waals surface area contributed by atoms with E-state index in [-0.39, 0.29) is 30.0 Å². The second-order valence-corrected chi connectivity index (χ2v) is 10.6. The fraction of sp³-hybridized carbons (Fsp3) is 0.538. The van der Waals surface area contributed by atoms with Crippen molar-refractivity contribution in [2.45, 2.75) is 76.9 Å². The van der Waals surface area contributed by atoms with Crippen LogP contribution < -0.4 is 4.90 Å². The summed E-state index contributed by atoms with van der Waals surface area (Å²) in [7, 11) is 1.41. The average molecular weight is 514 g/mol. The molecule has 2 aliphatic rings. The number of ether oxygens (including phenoxy) is 1. The number of hydrogen-bond acceptors (Lipinski definition) is 5. The zero-order valence-corrected chi connectivity index (χ0v) is 21.6. The quantitative estimate of drug-likeness (QED) is 0.489. The fourth-order valence-corrected chi connectivity index (χ4v) is 6.06. The van der Waals surface area contributed by atoms with Crippen LogP contribution in [0.1, 0.15) is 69.3 Å². The van der Waals surface area contributed by atoms with E-state index in [0.717, 1.165) is 53.8 Å². The third-order valence-electron chi connectivity index (χ3n) is 7.77. The summed E-state index contributed by atoms with van der Waals surface area (Å²) in [5.41, 5.74) is 3.86. The topological polar surface area (TPSA) is 102 Å². The van der Waals surface area contributed by atoms with Crippen LogP contribution in [-0.4, -0.2) is 49.7 Å². The van der Waals surface area contributed by atoms with E-state index in [4.69, 9.17) is 21.3 Å². The van der Waals surface area contributed by atoms with E-state index < -0.39 is 5.97 Å². The predicted octanol–water partition coefficient (Wildman–Crippen LogP) is 5.41. The molecule has 5 rings (SSSR count). The number of aromatic nitrogens is 4. The number of amides is 1. The first-order valence-electron chi connectivity index (χ1n) is 12.6. The molecule has 3 aromatic rings. The average Bonchev–Trinajstić information content (AvgIpc) is 3.46. The summed E-state index contributed by atoms with van der Waals surface area (Å²) in [6, 6.07) is 4.27. The third-order valence-corrected chi connectivity index (χ3v) is 7.96. The minimum Gasteiger partial charge on any atom is -0.481 e.